The van der Waals surface area contributed by atoms with Crippen molar-refractivity contribution in [3.05, 3.63) is 112 Å². The van der Waals surface area contributed by atoms with E-state index in [0.29, 0.717) is 5.56 Å². The summed E-state index contributed by atoms with van der Waals surface area (Å²) in [5, 5.41) is 7.68. The van der Waals surface area contributed by atoms with Crippen molar-refractivity contribution in [2.75, 3.05) is 17.7 Å². The molecule has 32 heavy (non-hydrogen) atoms. The molecule has 162 valence electrons. The van der Waals surface area contributed by atoms with E-state index in [1.165, 1.54) is 4.88 Å². The molecule has 1 atom stereocenters. The fourth-order valence-electron chi connectivity index (χ4n) is 3.74. The molecule has 0 aliphatic heterocycles. The molecule has 5 heteroatoms. The van der Waals surface area contributed by atoms with Crippen LogP contribution in [0.15, 0.2) is 84.9 Å². The molecular formula is C27H26N2O2S. The lowest BCUT2D eigenvalue weighted by atomic mass is 9.96. The Bertz CT molecular complexity index is 1200. The van der Waals surface area contributed by atoms with E-state index in [9.17, 15) is 4.79 Å². The van der Waals surface area contributed by atoms with E-state index in [0.717, 1.165) is 33.1 Å². The summed E-state index contributed by atoms with van der Waals surface area (Å²) in [5.74, 6) is 0.658. The minimum Gasteiger partial charge on any atom is -0.495 e. The number of anilines is 2. The van der Waals surface area contributed by atoms with Crippen molar-refractivity contribution in [3.63, 3.8) is 0 Å². The fourth-order valence-corrected chi connectivity index (χ4v) is 4.83. The van der Waals surface area contributed by atoms with Crippen molar-refractivity contribution in [1.82, 2.24) is 0 Å². The van der Waals surface area contributed by atoms with Crippen LogP contribution >= 0.6 is 11.3 Å². The number of para-hydroxylation sites is 2. The van der Waals surface area contributed by atoms with Crippen LogP contribution in [0.3, 0.4) is 0 Å². The summed E-state index contributed by atoms with van der Waals surface area (Å²) >= 11 is 1.60. The highest BCUT2D eigenvalue weighted by molar-refractivity contribution is 7.16. The number of carbonyl (C=O) groups is 1. The van der Waals surface area contributed by atoms with Gasteiger partial charge in [-0.25, -0.2) is 0 Å². The summed E-state index contributed by atoms with van der Waals surface area (Å²) in [6.07, 6.45) is 0. The third-order valence-electron chi connectivity index (χ3n) is 5.52. The molecular weight excluding hydrogens is 416 g/mol. The summed E-state index contributed by atoms with van der Waals surface area (Å²) in [5.41, 5.74) is 4.86. The molecule has 0 bridgehead atoms. The Balaban J connectivity index is 1.78. The second kappa shape index (κ2) is 9.71. The zero-order valence-corrected chi connectivity index (χ0v) is 19.2. The van der Waals surface area contributed by atoms with Gasteiger partial charge in [0.05, 0.1) is 18.8 Å². The maximum absolute atomic E-state index is 13.0. The van der Waals surface area contributed by atoms with Crippen LogP contribution in [0.25, 0.3) is 0 Å². The van der Waals surface area contributed by atoms with E-state index in [1.807, 2.05) is 72.8 Å². The molecule has 0 saturated carbocycles. The number of rotatable bonds is 7. The van der Waals surface area contributed by atoms with Gasteiger partial charge in [-0.15, -0.1) is 11.3 Å². The average Bonchev–Trinajstić information content (AvgIpc) is 3.11. The molecule has 0 radical (unpaired) electrons. The van der Waals surface area contributed by atoms with E-state index in [4.69, 9.17) is 4.74 Å². The second-order valence-corrected chi connectivity index (χ2v) is 8.76. The summed E-state index contributed by atoms with van der Waals surface area (Å²) in [7, 11) is 1.67. The highest BCUT2D eigenvalue weighted by Crippen LogP contribution is 2.42. The van der Waals surface area contributed by atoms with Crippen molar-refractivity contribution in [3.8, 4) is 5.75 Å². The number of hydrogen-bond acceptors (Lipinski definition) is 4. The van der Waals surface area contributed by atoms with Crippen LogP contribution < -0.4 is 15.4 Å². The van der Waals surface area contributed by atoms with Gasteiger partial charge in [0.2, 0.25) is 0 Å². The first kappa shape index (κ1) is 21.7. The number of carbonyl (C=O) groups excluding carboxylic acids is 1. The summed E-state index contributed by atoms with van der Waals surface area (Å²) in [6.45, 7) is 4.20. The van der Waals surface area contributed by atoms with E-state index in [1.54, 1.807) is 18.4 Å². The predicted octanol–water partition coefficient (Wildman–Crippen LogP) is 6.83. The molecule has 4 nitrogen and oxygen atoms in total. The number of thiophene rings is 1. The summed E-state index contributed by atoms with van der Waals surface area (Å²) in [6, 6.07) is 27.3. The maximum Gasteiger partial charge on any atom is 0.256 e. The van der Waals surface area contributed by atoms with Crippen LogP contribution in [-0.4, -0.2) is 13.0 Å². The Kier molecular flexibility index (Phi) is 6.57. The monoisotopic (exact) mass is 442 g/mol. The third kappa shape index (κ3) is 4.53. The zero-order chi connectivity index (χ0) is 22.5. The zero-order valence-electron chi connectivity index (χ0n) is 18.4. The Morgan fingerprint density at radius 1 is 0.875 bits per heavy atom. The highest BCUT2D eigenvalue weighted by atomic mass is 32.1. The van der Waals surface area contributed by atoms with Gasteiger partial charge >= 0.3 is 0 Å². The number of hydrogen-bond donors (Lipinski definition) is 2. The van der Waals surface area contributed by atoms with E-state index < -0.39 is 0 Å². The van der Waals surface area contributed by atoms with Crippen LogP contribution in [0.5, 0.6) is 5.75 Å². The maximum atomic E-state index is 13.0. The fraction of sp³-hybridized carbons (Fsp3) is 0.148. The SMILES string of the molecule is COc1ccccc1N[C@H](c1ccccc1)c1c(NC(=O)c2ccccc2)sc(C)c1C. The Morgan fingerprint density at radius 3 is 2.19 bits per heavy atom. The van der Waals surface area contributed by atoms with Gasteiger partial charge in [0.1, 0.15) is 10.8 Å². The van der Waals surface area contributed by atoms with Crippen LogP contribution in [0, 0.1) is 13.8 Å². The van der Waals surface area contributed by atoms with Crippen LogP contribution in [0.2, 0.25) is 0 Å². The minimum atomic E-state index is -0.163. The number of methoxy groups -OCH3 is 1. The van der Waals surface area contributed by atoms with Crippen LogP contribution in [0.1, 0.15) is 38.0 Å². The highest BCUT2D eigenvalue weighted by Gasteiger charge is 2.25. The van der Waals surface area contributed by atoms with Crippen molar-refractivity contribution in [1.29, 1.82) is 0 Å². The third-order valence-corrected chi connectivity index (χ3v) is 6.66. The van der Waals surface area contributed by atoms with Crippen molar-refractivity contribution < 1.29 is 9.53 Å². The summed E-state index contributed by atoms with van der Waals surface area (Å²) < 4.78 is 5.58. The van der Waals surface area contributed by atoms with Crippen LogP contribution in [-0.2, 0) is 0 Å². The van der Waals surface area contributed by atoms with E-state index in [-0.39, 0.29) is 11.9 Å². The van der Waals surface area contributed by atoms with Gasteiger partial charge in [-0.2, -0.15) is 0 Å². The molecule has 0 aliphatic rings. The van der Waals surface area contributed by atoms with E-state index in [2.05, 4.69) is 36.6 Å². The van der Waals surface area contributed by atoms with Gasteiger partial charge in [0.15, 0.2) is 0 Å². The van der Waals surface area contributed by atoms with Gasteiger partial charge in [0, 0.05) is 16.0 Å². The molecule has 0 unspecified atom stereocenters. The molecule has 3 aromatic carbocycles. The molecule has 0 spiro atoms. The first-order valence-electron chi connectivity index (χ1n) is 10.5. The Hall–Kier alpha value is -3.57. The molecule has 4 rings (SSSR count). The van der Waals surface area contributed by atoms with Crippen LogP contribution in [0.4, 0.5) is 10.7 Å². The lowest BCUT2D eigenvalue weighted by Crippen LogP contribution is -2.17. The first-order chi connectivity index (χ1) is 15.6. The second-order valence-electron chi connectivity index (χ2n) is 7.53. The summed E-state index contributed by atoms with van der Waals surface area (Å²) in [4.78, 5) is 14.1. The van der Waals surface area contributed by atoms with Crippen molar-refractivity contribution in [2.45, 2.75) is 19.9 Å². The molecule has 4 aromatic rings. The standard InChI is InChI=1S/C27H26N2O2S/c1-18-19(2)32-27(29-26(30)21-14-8-5-9-15-21)24(18)25(20-12-6-4-7-13-20)28-22-16-10-11-17-23(22)31-3/h4-17,25,28H,1-3H3,(H,29,30)/t25-/m1/s1. The number of ether oxygens (including phenoxy) is 1. The quantitative estimate of drug-likeness (QED) is 0.330. The minimum absolute atomic E-state index is 0.114. The Morgan fingerprint density at radius 2 is 1.50 bits per heavy atom. The van der Waals surface area contributed by atoms with Gasteiger partial charge in [-0.05, 0) is 49.2 Å². The Labute approximate surface area is 192 Å². The normalized spacial score (nSPS) is 11.6. The molecule has 1 amide bonds. The lowest BCUT2D eigenvalue weighted by Gasteiger charge is -2.24. The van der Waals surface area contributed by atoms with Crippen molar-refractivity contribution in [2.24, 2.45) is 0 Å². The number of amides is 1. The number of nitrogens with one attached hydrogen (secondary N) is 2. The topological polar surface area (TPSA) is 50.4 Å². The first-order valence-corrected chi connectivity index (χ1v) is 11.3. The predicted molar refractivity (Wildman–Crippen MR) is 133 cm³/mol. The average molecular weight is 443 g/mol. The largest absolute Gasteiger partial charge is 0.495 e. The molecule has 0 saturated heterocycles. The van der Waals surface area contributed by atoms with Gasteiger partial charge in [0.25, 0.3) is 5.91 Å². The smallest absolute Gasteiger partial charge is 0.256 e. The molecule has 1 aromatic heterocycles. The molecule has 2 N–H and O–H groups in total. The van der Waals surface area contributed by atoms with Crippen molar-refractivity contribution >= 4 is 27.9 Å². The van der Waals surface area contributed by atoms with Gasteiger partial charge in [-0.3, -0.25) is 4.79 Å². The van der Waals surface area contributed by atoms with Gasteiger partial charge < -0.3 is 15.4 Å². The number of aryl methyl sites for hydroxylation is 1. The molecule has 0 fully saturated rings. The van der Waals surface area contributed by atoms with E-state index >= 15 is 0 Å². The van der Waals surface area contributed by atoms with Gasteiger partial charge in [-0.1, -0.05) is 60.7 Å². The lowest BCUT2D eigenvalue weighted by molar-refractivity contribution is 0.102. The number of benzene rings is 3. The molecule has 1 heterocycles. The molecule has 0 aliphatic carbocycles.